The molecule has 4 nitrogen and oxygen atoms in total. The summed E-state index contributed by atoms with van der Waals surface area (Å²) in [5.74, 6) is -1.66. The summed E-state index contributed by atoms with van der Waals surface area (Å²) < 4.78 is 47.9. The van der Waals surface area contributed by atoms with Gasteiger partial charge in [0.15, 0.2) is 11.5 Å². The predicted molar refractivity (Wildman–Crippen MR) is 59.0 cm³/mol. The van der Waals surface area contributed by atoms with Crippen molar-refractivity contribution in [2.24, 2.45) is 5.73 Å². The molecule has 7 heteroatoms. The van der Waals surface area contributed by atoms with Crippen molar-refractivity contribution in [3.05, 3.63) is 17.2 Å². The molecule has 0 aliphatic heterocycles. The Bertz CT molecular complexity index is 433. The molecule has 1 aromatic rings. The van der Waals surface area contributed by atoms with Crippen LogP contribution in [0.15, 0.2) is 6.07 Å². The van der Waals surface area contributed by atoms with Gasteiger partial charge in [0, 0.05) is 5.56 Å². The molecule has 0 saturated carbocycles. The average Bonchev–Trinajstić information content (AvgIpc) is 2.27. The molecule has 0 bridgehead atoms. The van der Waals surface area contributed by atoms with Gasteiger partial charge < -0.3 is 20.3 Å². The van der Waals surface area contributed by atoms with E-state index in [2.05, 4.69) is 4.74 Å². The standard InChI is InChI=1S/C11H14F3NO3/c1-17-7-5-6(3-4-15)10(18-2)9(16)8(7)11(12,13)14/h5,16H,3-4,15H2,1-2H3. The molecule has 18 heavy (non-hydrogen) atoms. The maximum absolute atomic E-state index is 12.8. The molecule has 0 fully saturated rings. The van der Waals surface area contributed by atoms with Gasteiger partial charge in [0.1, 0.15) is 11.3 Å². The molecule has 0 aliphatic rings. The largest absolute Gasteiger partial charge is 0.504 e. The number of hydrogen-bond acceptors (Lipinski definition) is 4. The predicted octanol–water partition coefficient (Wildman–Crippen LogP) is 1.93. The second kappa shape index (κ2) is 5.34. The van der Waals surface area contributed by atoms with Crippen molar-refractivity contribution in [2.75, 3.05) is 20.8 Å². The normalized spacial score (nSPS) is 11.4. The van der Waals surface area contributed by atoms with Crippen LogP contribution in [0.4, 0.5) is 13.2 Å². The Balaban J connectivity index is 3.53. The Morgan fingerprint density at radius 3 is 2.28 bits per heavy atom. The molecule has 1 rings (SSSR count). The fraction of sp³-hybridized carbons (Fsp3) is 0.455. The van der Waals surface area contributed by atoms with E-state index in [9.17, 15) is 18.3 Å². The topological polar surface area (TPSA) is 64.7 Å². The van der Waals surface area contributed by atoms with Gasteiger partial charge in [-0.3, -0.25) is 0 Å². The molecule has 0 spiro atoms. The third kappa shape index (κ3) is 2.61. The number of hydrogen-bond donors (Lipinski definition) is 2. The van der Waals surface area contributed by atoms with Crippen LogP contribution in [-0.4, -0.2) is 25.9 Å². The number of benzene rings is 1. The fourth-order valence-electron chi connectivity index (χ4n) is 1.68. The minimum Gasteiger partial charge on any atom is -0.504 e. The third-order valence-corrected chi connectivity index (χ3v) is 2.42. The van der Waals surface area contributed by atoms with Crippen LogP contribution >= 0.6 is 0 Å². The molecule has 0 amide bonds. The first-order valence-electron chi connectivity index (χ1n) is 5.10. The number of rotatable bonds is 4. The van der Waals surface area contributed by atoms with E-state index >= 15 is 0 Å². The first kappa shape index (κ1) is 14.4. The Kier molecular flexibility index (Phi) is 4.28. The van der Waals surface area contributed by atoms with Crippen molar-refractivity contribution in [2.45, 2.75) is 12.6 Å². The maximum Gasteiger partial charge on any atom is 0.423 e. The van der Waals surface area contributed by atoms with Crippen LogP contribution in [0.25, 0.3) is 0 Å². The highest BCUT2D eigenvalue weighted by atomic mass is 19.4. The number of phenolic OH excluding ortho intramolecular Hbond substituents is 1. The molecule has 1 aromatic carbocycles. The summed E-state index contributed by atoms with van der Waals surface area (Å²) in [5, 5.41) is 9.68. The number of nitrogens with two attached hydrogens (primary N) is 1. The minimum atomic E-state index is -4.73. The van der Waals surface area contributed by atoms with E-state index in [1.165, 1.54) is 13.2 Å². The van der Waals surface area contributed by atoms with Gasteiger partial charge in [-0.05, 0) is 19.0 Å². The first-order valence-corrected chi connectivity index (χ1v) is 5.10. The van der Waals surface area contributed by atoms with Crippen molar-refractivity contribution >= 4 is 0 Å². The zero-order valence-electron chi connectivity index (χ0n) is 9.97. The van der Waals surface area contributed by atoms with Crippen molar-refractivity contribution in [3.8, 4) is 17.2 Å². The van der Waals surface area contributed by atoms with Gasteiger partial charge in [0.2, 0.25) is 0 Å². The molecule has 0 atom stereocenters. The number of methoxy groups -OCH3 is 2. The first-order chi connectivity index (χ1) is 8.36. The van der Waals surface area contributed by atoms with E-state index in [0.29, 0.717) is 5.56 Å². The second-order valence-corrected chi connectivity index (χ2v) is 3.53. The summed E-state index contributed by atoms with van der Waals surface area (Å²) in [6, 6.07) is 1.17. The average molecular weight is 265 g/mol. The van der Waals surface area contributed by atoms with Crippen molar-refractivity contribution < 1.29 is 27.8 Å². The smallest absolute Gasteiger partial charge is 0.423 e. The van der Waals surface area contributed by atoms with E-state index < -0.39 is 23.2 Å². The Morgan fingerprint density at radius 2 is 1.89 bits per heavy atom. The lowest BCUT2D eigenvalue weighted by atomic mass is 10.0. The minimum absolute atomic E-state index is 0.213. The van der Waals surface area contributed by atoms with Crippen LogP contribution in [0.2, 0.25) is 0 Å². The molecule has 3 N–H and O–H groups in total. The number of phenols is 1. The fourth-order valence-corrected chi connectivity index (χ4v) is 1.68. The lowest BCUT2D eigenvalue weighted by Gasteiger charge is -2.18. The molecule has 0 heterocycles. The van der Waals surface area contributed by atoms with Crippen LogP contribution in [0.5, 0.6) is 17.2 Å². The molecule has 0 unspecified atom stereocenters. The Morgan fingerprint density at radius 1 is 1.28 bits per heavy atom. The van der Waals surface area contributed by atoms with E-state index in [4.69, 9.17) is 10.5 Å². The zero-order chi connectivity index (χ0) is 13.9. The molecule has 0 radical (unpaired) electrons. The van der Waals surface area contributed by atoms with Gasteiger partial charge in [0.05, 0.1) is 14.2 Å². The maximum atomic E-state index is 12.8. The highest BCUT2D eigenvalue weighted by Gasteiger charge is 2.40. The van der Waals surface area contributed by atoms with Gasteiger partial charge in [-0.2, -0.15) is 13.2 Å². The van der Waals surface area contributed by atoms with E-state index in [0.717, 1.165) is 7.11 Å². The monoisotopic (exact) mass is 265 g/mol. The van der Waals surface area contributed by atoms with Crippen molar-refractivity contribution in [1.82, 2.24) is 0 Å². The van der Waals surface area contributed by atoms with Crippen LogP contribution < -0.4 is 15.2 Å². The van der Waals surface area contributed by atoms with Gasteiger partial charge in [0.25, 0.3) is 0 Å². The molecule has 0 aromatic heterocycles. The molecule has 102 valence electrons. The van der Waals surface area contributed by atoms with Crippen LogP contribution in [0, 0.1) is 0 Å². The van der Waals surface area contributed by atoms with Crippen LogP contribution in [0.3, 0.4) is 0 Å². The Labute approximate surface area is 102 Å². The number of alkyl halides is 3. The molecular weight excluding hydrogens is 251 g/mol. The third-order valence-electron chi connectivity index (χ3n) is 2.42. The van der Waals surface area contributed by atoms with Crippen LogP contribution in [-0.2, 0) is 12.6 Å². The lowest BCUT2D eigenvalue weighted by Crippen LogP contribution is -2.11. The van der Waals surface area contributed by atoms with E-state index in [1.807, 2.05) is 0 Å². The highest BCUT2D eigenvalue weighted by Crippen LogP contribution is 2.48. The van der Waals surface area contributed by atoms with E-state index in [1.54, 1.807) is 0 Å². The summed E-state index contributed by atoms with van der Waals surface area (Å²) in [6.45, 7) is 0.213. The summed E-state index contributed by atoms with van der Waals surface area (Å²) in [7, 11) is 2.28. The summed E-state index contributed by atoms with van der Waals surface area (Å²) in [6.07, 6.45) is -4.46. The summed E-state index contributed by atoms with van der Waals surface area (Å²) in [4.78, 5) is 0. The van der Waals surface area contributed by atoms with E-state index in [-0.39, 0.29) is 18.7 Å². The van der Waals surface area contributed by atoms with Crippen LogP contribution in [0.1, 0.15) is 11.1 Å². The SMILES string of the molecule is COc1cc(CCN)c(OC)c(O)c1C(F)(F)F. The number of halogens is 3. The number of ether oxygens (including phenoxy) is 2. The zero-order valence-corrected chi connectivity index (χ0v) is 9.97. The van der Waals surface area contributed by atoms with Crippen molar-refractivity contribution in [1.29, 1.82) is 0 Å². The highest BCUT2D eigenvalue weighted by molar-refractivity contribution is 5.59. The molecule has 0 saturated heterocycles. The molecular formula is C11H14F3NO3. The number of aromatic hydroxyl groups is 1. The van der Waals surface area contributed by atoms with Gasteiger partial charge in [-0.25, -0.2) is 0 Å². The van der Waals surface area contributed by atoms with Crippen molar-refractivity contribution in [3.63, 3.8) is 0 Å². The van der Waals surface area contributed by atoms with Gasteiger partial charge in [-0.15, -0.1) is 0 Å². The Hall–Kier alpha value is -1.63. The summed E-state index contributed by atoms with van der Waals surface area (Å²) in [5.41, 5.74) is 4.47. The van der Waals surface area contributed by atoms with Gasteiger partial charge in [-0.1, -0.05) is 0 Å². The quantitative estimate of drug-likeness (QED) is 0.873. The summed E-state index contributed by atoms with van der Waals surface area (Å²) >= 11 is 0. The van der Waals surface area contributed by atoms with Gasteiger partial charge >= 0.3 is 6.18 Å². The molecule has 0 aliphatic carbocycles. The second-order valence-electron chi connectivity index (χ2n) is 3.53. The lowest BCUT2D eigenvalue weighted by molar-refractivity contribution is -0.140.